The minimum absolute atomic E-state index is 0.0643. The molecule has 26 heavy (non-hydrogen) atoms. The van der Waals surface area contributed by atoms with E-state index in [0.29, 0.717) is 31.6 Å². The first-order valence-corrected chi connectivity index (χ1v) is 9.05. The Bertz CT molecular complexity index is 735. The number of β-amino-alcohol motifs (C(OH)–C–C–N with tert-alkyl or cyclic N) is 1. The molecule has 0 spiro atoms. The highest BCUT2D eigenvalue weighted by Crippen LogP contribution is 2.24. The number of aliphatic hydroxyl groups is 1. The number of hydrogen-bond acceptors (Lipinski definition) is 5. The minimum Gasteiger partial charge on any atom is -0.387 e. The Balaban J connectivity index is 1.62. The van der Waals surface area contributed by atoms with Crippen molar-refractivity contribution in [3.8, 4) is 0 Å². The standard InChI is InChI=1S/C20H26N4O2/c1-3-23(13-17-6-9-21-10-7-17)14-20(26)8-11-24(15-20)19(25)18-5-4-16(2)22-12-18/h4-7,9-10,12,26H,3,8,11,13-15H2,1-2H3/t20-/m1/s1. The third-order valence-electron chi connectivity index (χ3n) is 4.90. The predicted molar refractivity (Wildman–Crippen MR) is 99.6 cm³/mol. The Hall–Kier alpha value is -2.31. The summed E-state index contributed by atoms with van der Waals surface area (Å²) in [5.74, 6) is -0.0643. The topological polar surface area (TPSA) is 69.6 Å². The van der Waals surface area contributed by atoms with Crippen molar-refractivity contribution >= 4 is 5.91 Å². The highest BCUT2D eigenvalue weighted by atomic mass is 16.3. The molecule has 1 aliphatic heterocycles. The number of pyridine rings is 2. The third-order valence-corrected chi connectivity index (χ3v) is 4.90. The second-order valence-corrected chi connectivity index (χ2v) is 7.05. The van der Waals surface area contributed by atoms with Crippen LogP contribution >= 0.6 is 0 Å². The van der Waals surface area contributed by atoms with Crippen molar-refractivity contribution in [3.63, 3.8) is 0 Å². The highest BCUT2D eigenvalue weighted by Gasteiger charge is 2.39. The van der Waals surface area contributed by atoms with E-state index in [4.69, 9.17) is 0 Å². The van der Waals surface area contributed by atoms with Crippen molar-refractivity contribution in [2.24, 2.45) is 0 Å². The molecule has 0 radical (unpaired) electrons. The molecular formula is C20H26N4O2. The number of nitrogens with zero attached hydrogens (tertiary/aromatic N) is 4. The molecule has 3 rings (SSSR count). The zero-order valence-electron chi connectivity index (χ0n) is 15.4. The Morgan fingerprint density at radius 2 is 2.08 bits per heavy atom. The molecule has 2 aromatic heterocycles. The molecule has 1 saturated heterocycles. The molecule has 3 heterocycles. The van der Waals surface area contributed by atoms with Gasteiger partial charge in [0.2, 0.25) is 0 Å². The second kappa shape index (κ2) is 7.93. The third kappa shape index (κ3) is 4.45. The minimum atomic E-state index is -0.878. The van der Waals surface area contributed by atoms with Gasteiger partial charge < -0.3 is 10.0 Å². The lowest BCUT2D eigenvalue weighted by atomic mass is 10.0. The molecule has 6 heteroatoms. The van der Waals surface area contributed by atoms with Crippen molar-refractivity contribution in [1.82, 2.24) is 19.8 Å². The molecule has 1 fully saturated rings. The zero-order valence-corrected chi connectivity index (χ0v) is 15.4. The number of likely N-dealkylation sites (N-methyl/N-ethyl adjacent to an activating group) is 1. The second-order valence-electron chi connectivity index (χ2n) is 7.05. The van der Waals surface area contributed by atoms with E-state index in [1.165, 1.54) is 5.56 Å². The molecule has 1 atom stereocenters. The van der Waals surface area contributed by atoms with Gasteiger partial charge in [-0.2, -0.15) is 0 Å². The molecule has 0 saturated carbocycles. The first kappa shape index (κ1) is 18.5. The van der Waals surface area contributed by atoms with E-state index in [2.05, 4.69) is 21.8 Å². The molecule has 0 aromatic carbocycles. The summed E-state index contributed by atoms with van der Waals surface area (Å²) in [6.45, 7) is 7.04. The maximum Gasteiger partial charge on any atom is 0.255 e. The van der Waals surface area contributed by atoms with Crippen molar-refractivity contribution < 1.29 is 9.90 Å². The van der Waals surface area contributed by atoms with E-state index in [0.717, 1.165) is 18.8 Å². The smallest absolute Gasteiger partial charge is 0.255 e. The molecule has 138 valence electrons. The van der Waals surface area contributed by atoms with Crippen LogP contribution in [0.15, 0.2) is 42.9 Å². The van der Waals surface area contributed by atoms with Crippen LogP contribution in [0.4, 0.5) is 0 Å². The van der Waals surface area contributed by atoms with Crippen molar-refractivity contribution in [2.45, 2.75) is 32.4 Å². The quantitative estimate of drug-likeness (QED) is 0.858. The lowest BCUT2D eigenvalue weighted by molar-refractivity contribution is 0.0108. The Morgan fingerprint density at radius 1 is 1.31 bits per heavy atom. The summed E-state index contributed by atoms with van der Waals surface area (Å²) in [4.78, 5) is 24.8. The Morgan fingerprint density at radius 3 is 2.73 bits per heavy atom. The molecule has 0 unspecified atom stereocenters. The summed E-state index contributed by atoms with van der Waals surface area (Å²) < 4.78 is 0. The predicted octanol–water partition coefficient (Wildman–Crippen LogP) is 1.88. The van der Waals surface area contributed by atoms with Gasteiger partial charge >= 0.3 is 0 Å². The van der Waals surface area contributed by atoms with Crippen molar-refractivity contribution in [1.29, 1.82) is 0 Å². The van der Waals surface area contributed by atoms with Crippen LogP contribution in [0.25, 0.3) is 0 Å². The number of hydrogen-bond donors (Lipinski definition) is 1. The van der Waals surface area contributed by atoms with Crippen LogP contribution in [0.2, 0.25) is 0 Å². The molecule has 1 N–H and O–H groups in total. The summed E-state index contributed by atoms with van der Waals surface area (Å²) in [7, 11) is 0. The van der Waals surface area contributed by atoms with E-state index in [1.807, 2.05) is 25.1 Å². The van der Waals surface area contributed by atoms with Crippen LogP contribution in [0.1, 0.15) is 35.0 Å². The summed E-state index contributed by atoms with van der Waals surface area (Å²) in [6, 6.07) is 7.61. The number of carbonyl (C=O) groups excluding carboxylic acids is 1. The molecular weight excluding hydrogens is 328 g/mol. The van der Waals surface area contributed by atoms with Gasteiger partial charge in [-0.1, -0.05) is 6.92 Å². The fourth-order valence-electron chi connectivity index (χ4n) is 3.38. The van der Waals surface area contributed by atoms with Gasteiger partial charge in [-0.25, -0.2) is 0 Å². The largest absolute Gasteiger partial charge is 0.387 e. The molecule has 6 nitrogen and oxygen atoms in total. The molecule has 0 aliphatic carbocycles. The highest BCUT2D eigenvalue weighted by molar-refractivity contribution is 5.94. The Labute approximate surface area is 154 Å². The van der Waals surface area contributed by atoms with E-state index in [-0.39, 0.29) is 5.91 Å². The van der Waals surface area contributed by atoms with Gasteiger partial charge in [0.15, 0.2) is 0 Å². The van der Waals surface area contributed by atoms with Crippen LogP contribution < -0.4 is 0 Å². The first-order valence-electron chi connectivity index (χ1n) is 9.05. The lowest BCUT2D eigenvalue weighted by Gasteiger charge is -2.30. The average molecular weight is 354 g/mol. The maximum absolute atomic E-state index is 12.6. The fraction of sp³-hybridized carbons (Fsp3) is 0.450. The van der Waals surface area contributed by atoms with Crippen LogP contribution in [0.3, 0.4) is 0 Å². The number of rotatable bonds is 6. The van der Waals surface area contributed by atoms with Crippen molar-refractivity contribution in [3.05, 3.63) is 59.7 Å². The molecule has 0 bridgehead atoms. The number of carbonyl (C=O) groups is 1. The van der Waals surface area contributed by atoms with E-state index >= 15 is 0 Å². The monoisotopic (exact) mass is 354 g/mol. The first-order chi connectivity index (χ1) is 12.5. The van der Waals surface area contributed by atoms with Crippen LogP contribution in [-0.2, 0) is 6.54 Å². The SMILES string of the molecule is CCN(Cc1ccncc1)C[C@]1(O)CCN(C(=O)c2ccc(C)nc2)C1. The lowest BCUT2D eigenvalue weighted by Crippen LogP contribution is -2.45. The maximum atomic E-state index is 12.6. The van der Waals surface area contributed by atoms with Gasteiger partial charge in [-0.05, 0) is 49.7 Å². The molecule has 2 aromatic rings. The zero-order chi connectivity index (χ0) is 18.6. The summed E-state index contributed by atoms with van der Waals surface area (Å²) in [5.41, 5.74) is 1.75. The van der Waals surface area contributed by atoms with Gasteiger partial charge in [-0.15, -0.1) is 0 Å². The summed E-state index contributed by atoms with van der Waals surface area (Å²) in [5, 5.41) is 11.0. The average Bonchev–Trinajstić information content (AvgIpc) is 3.04. The van der Waals surface area contributed by atoms with Gasteiger partial charge in [-0.3, -0.25) is 19.7 Å². The number of aryl methyl sites for hydroxylation is 1. The van der Waals surface area contributed by atoms with Crippen molar-refractivity contribution in [2.75, 3.05) is 26.2 Å². The fourth-order valence-corrected chi connectivity index (χ4v) is 3.38. The van der Waals surface area contributed by atoms with Crippen LogP contribution in [0.5, 0.6) is 0 Å². The van der Waals surface area contributed by atoms with Gasteiger partial charge in [0.05, 0.1) is 17.7 Å². The molecule has 1 amide bonds. The van der Waals surface area contributed by atoms with E-state index in [1.54, 1.807) is 29.6 Å². The van der Waals surface area contributed by atoms with E-state index < -0.39 is 5.60 Å². The normalized spacial score (nSPS) is 19.9. The van der Waals surface area contributed by atoms with Gasteiger partial charge in [0, 0.05) is 43.9 Å². The Kier molecular flexibility index (Phi) is 5.64. The van der Waals surface area contributed by atoms with Crippen LogP contribution in [0, 0.1) is 6.92 Å². The number of amides is 1. The van der Waals surface area contributed by atoms with E-state index in [9.17, 15) is 9.90 Å². The van der Waals surface area contributed by atoms with Gasteiger partial charge in [0.25, 0.3) is 5.91 Å². The molecule has 1 aliphatic rings. The number of aromatic nitrogens is 2. The summed E-state index contributed by atoms with van der Waals surface area (Å²) in [6.07, 6.45) is 5.76. The number of likely N-dealkylation sites (tertiary alicyclic amines) is 1. The van der Waals surface area contributed by atoms with Crippen LogP contribution in [-0.4, -0.2) is 62.6 Å². The summed E-state index contributed by atoms with van der Waals surface area (Å²) >= 11 is 0. The van der Waals surface area contributed by atoms with Gasteiger partial charge in [0.1, 0.15) is 0 Å².